The molecule has 0 saturated heterocycles. The number of nitrogens with one attached hydrogen (secondary N) is 4. The lowest BCUT2D eigenvalue weighted by atomic mass is 10.0. The highest BCUT2D eigenvalue weighted by Crippen LogP contribution is 2.08. The van der Waals surface area contributed by atoms with Crippen molar-refractivity contribution in [3.8, 4) is 0 Å². The summed E-state index contributed by atoms with van der Waals surface area (Å²) in [5, 5.41) is 7.95. The SMILES string of the molecule is CSCCC(NC(=O)C(CC(C)C)NC(=O)C(Cc1cnc[nH]1)NC(=O)C(C)N)C(N)=O. The molecule has 0 aromatic carbocycles. The number of H-pyrrole nitrogens is 1. The lowest BCUT2D eigenvalue weighted by Gasteiger charge is -2.26. The van der Waals surface area contributed by atoms with Gasteiger partial charge in [-0.15, -0.1) is 0 Å². The molecular formula is C20H35N7O4S. The molecular weight excluding hydrogens is 434 g/mol. The molecule has 0 saturated carbocycles. The molecule has 1 heterocycles. The molecule has 0 aliphatic carbocycles. The second-order valence-electron chi connectivity index (χ2n) is 8.07. The smallest absolute Gasteiger partial charge is 0.243 e. The fourth-order valence-electron chi connectivity index (χ4n) is 2.90. The third-order valence-electron chi connectivity index (χ3n) is 4.64. The first-order chi connectivity index (χ1) is 15.0. The van der Waals surface area contributed by atoms with Crippen LogP contribution < -0.4 is 27.4 Å². The lowest BCUT2D eigenvalue weighted by molar-refractivity contribution is -0.133. The summed E-state index contributed by atoms with van der Waals surface area (Å²) in [5.41, 5.74) is 11.7. The number of carbonyl (C=O) groups excluding carboxylic acids is 4. The molecule has 0 aliphatic rings. The zero-order valence-corrected chi connectivity index (χ0v) is 19.8. The van der Waals surface area contributed by atoms with Crippen molar-refractivity contribution in [1.82, 2.24) is 25.9 Å². The van der Waals surface area contributed by atoms with E-state index in [0.717, 1.165) is 0 Å². The van der Waals surface area contributed by atoms with E-state index >= 15 is 0 Å². The zero-order valence-electron chi connectivity index (χ0n) is 19.0. The van der Waals surface area contributed by atoms with E-state index in [-0.39, 0.29) is 12.3 Å². The maximum absolute atomic E-state index is 13.0. The fraction of sp³-hybridized carbons (Fsp3) is 0.650. The van der Waals surface area contributed by atoms with Gasteiger partial charge in [-0.05, 0) is 37.7 Å². The monoisotopic (exact) mass is 469 g/mol. The maximum Gasteiger partial charge on any atom is 0.243 e. The van der Waals surface area contributed by atoms with Crippen LogP contribution in [-0.4, -0.2) is 69.8 Å². The Hall–Kier alpha value is -2.60. The van der Waals surface area contributed by atoms with Crippen LogP contribution in [-0.2, 0) is 25.6 Å². The Balaban J connectivity index is 2.98. The molecule has 0 spiro atoms. The van der Waals surface area contributed by atoms with Gasteiger partial charge >= 0.3 is 0 Å². The first-order valence-electron chi connectivity index (χ1n) is 10.5. The summed E-state index contributed by atoms with van der Waals surface area (Å²) in [5.74, 6) is -1.47. The summed E-state index contributed by atoms with van der Waals surface area (Å²) >= 11 is 1.53. The summed E-state index contributed by atoms with van der Waals surface area (Å²) in [6.07, 6.45) is 5.75. The van der Waals surface area contributed by atoms with E-state index < -0.39 is 47.8 Å². The van der Waals surface area contributed by atoms with Crippen molar-refractivity contribution in [2.75, 3.05) is 12.0 Å². The van der Waals surface area contributed by atoms with Crippen LogP contribution in [0.25, 0.3) is 0 Å². The van der Waals surface area contributed by atoms with Crippen molar-refractivity contribution in [2.45, 2.75) is 64.2 Å². The minimum Gasteiger partial charge on any atom is -0.368 e. The standard InChI is InChI=1S/C20H35N7O4S/c1-11(2)7-15(19(30)25-14(17(22)28)5-6-32-4)27-20(31)16(26-18(29)12(3)21)8-13-9-23-10-24-13/h9-12,14-16H,5-8,21H2,1-4H3,(H2,22,28)(H,23,24)(H,25,30)(H,26,29)(H,27,31). The molecule has 4 amide bonds. The molecule has 1 aromatic rings. The Labute approximate surface area is 192 Å². The molecule has 0 aliphatic heterocycles. The van der Waals surface area contributed by atoms with Crippen molar-refractivity contribution < 1.29 is 19.2 Å². The highest BCUT2D eigenvalue weighted by molar-refractivity contribution is 7.98. The molecule has 1 aromatic heterocycles. The second-order valence-corrected chi connectivity index (χ2v) is 9.05. The average molecular weight is 470 g/mol. The van der Waals surface area contributed by atoms with Gasteiger partial charge in [0.1, 0.15) is 18.1 Å². The quantitative estimate of drug-likeness (QED) is 0.202. The highest BCUT2D eigenvalue weighted by atomic mass is 32.2. The number of primary amides is 1. The van der Waals surface area contributed by atoms with E-state index in [1.165, 1.54) is 25.0 Å². The van der Waals surface area contributed by atoms with Crippen LogP contribution in [0.4, 0.5) is 0 Å². The normalized spacial score (nSPS) is 14.8. The van der Waals surface area contributed by atoms with E-state index in [0.29, 0.717) is 24.3 Å². The van der Waals surface area contributed by atoms with Crippen molar-refractivity contribution in [1.29, 1.82) is 0 Å². The predicted molar refractivity (Wildman–Crippen MR) is 123 cm³/mol. The van der Waals surface area contributed by atoms with Crippen LogP contribution in [0, 0.1) is 5.92 Å². The van der Waals surface area contributed by atoms with Gasteiger partial charge in [0.05, 0.1) is 12.4 Å². The van der Waals surface area contributed by atoms with Crippen LogP contribution in [0.1, 0.15) is 39.3 Å². The highest BCUT2D eigenvalue weighted by Gasteiger charge is 2.30. The van der Waals surface area contributed by atoms with Crippen LogP contribution in [0.2, 0.25) is 0 Å². The number of nitrogens with two attached hydrogens (primary N) is 2. The van der Waals surface area contributed by atoms with Gasteiger partial charge in [0.25, 0.3) is 0 Å². The number of thioether (sulfide) groups is 1. The van der Waals surface area contributed by atoms with E-state index in [1.54, 1.807) is 6.20 Å². The number of hydrogen-bond donors (Lipinski definition) is 6. The molecule has 32 heavy (non-hydrogen) atoms. The number of hydrogen-bond acceptors (Lipinski definition) is 7. The summed E-state index contributed by atoms with van der Waals surface area (Å²) in [7, 11) is 0. The average Bonchev–Trinajstić information content (AvgIpc) is 3.22. The fourth-order valence-corrected chi connectivity index (χ4v) is 3.37. The Bertz CT molecular complexity index is 755. The first kappa shape index (κ1) is 27.4. The van der Waals surface area contributed by atoms with Gasteiger partial charge in [-0.1, -0.05) is 13.8 Å². The first-order valence-corrected chi connectivity index (χ1v) is 11.9. The number of nitrogens with zero attached hydrogens (tertiary/aromatic N) is 1. The van der Waals surface area contributed by atoms with Gasteiger partial charge < -0.3 is 32.4 Å². The lowest BCUT2D eigenvalue weighted by Crippen LogP contribution is -2.58. The van der Waals surface area contributed by atoms with Crippen LogP contribution in [0.3, 0.4) is 0 Å². The zero-order chi connectivity index (χ0) is 24.3. The molecule has 0 fully saturated rings. The van der Waals surface area contributed by atoms with Gasteiger partial charge in [0.2, 0.25) is 23.6 Å². The molecule has 4 unspecified atom stereocenters. The second kappa shape index (κ2) is 13.7. The Morgan fingerprint density at radius 3 is 2.12 bits per heavy atom. The largest absolute Gasteiger partial charge is 0.368 e. The number of carbonyl (C=O) groups is 4. The van der Waals surface area contributed by atoms with Crippen LogP contribution in [0.5, 0.6) is 0 Å². The summed E-state index contributed by atoms with van der Waals surface area (Å²) in [6, 6.07) is -3.52. The van der Waals surface area contributed by atoms with Crippen molar-refractivity contribution >= 4 is 35.4 Å². The molecule has 1 rings (SSSR count). The number of rotatable bonds is 14. The molecule has 0 radical (unpaired) electrons. The van der Waals surface area contributed by atoms with E-state index in [1.807, 2.05) is 20.1 Å². The van der Waals surface area contributed by atoms with Crippen LogP contribution >= 0.6 is 11.8 Å². The minimum absolute atomic E-state index is 0.0778. The van der Waals surface area contributed by atoms with Crippen LogP contribution in [0.15, 0.2) is 12.5 Å². The van der Waals surface area contributed by atoms with Crippen molar-refractivity contribution in [3.05, 3.63) is 18.2 Å². The summed E-state index contributed by atoms with van der Waals surface area (Å²) in [4.78, 5) is 56.6. The maximum atomic E-state index is 13.0. The van der Waals surface area contributed by atoms with E-state index in [9.17, 15) is 19.2 Å². The van der Waals surface area contributed by atoms with Gasteiger partial charge in [-0.2, -0.15) is 11.8 Å². The van der Waals surface area contributed by atoms with Gasteiger partial charge in [-0.3, -0.25) is 19.2 Å². The Morgan fingerprint density at radius 2 is 1.62 bits per heavy atom. The molecule has 180 valence electrons. The van der Waals surface area contributed by atoms with Gasteiger partial charge in [0.15, 0.2) is 0 Å². The van der Waals surface area contributed by atoms with Gasteiger partial charge in [-0.25, -0.2) is 4.98 Å². The van der Waals surface area contributed by atoms with Crippen molar-refractivity contribution in [3.63, 3.8) is 0 Å². The number of amides is 4. The molecule has 4 atom stereocenters. The van der Waals surface area contributed by atoms with E-state index in [2.05, 4.69) is 25.9 Å². The minimum atomic E-state index is -0.972. The third-order valence-corrected chi connectivity index (χ3v) is 5.28. The molecule has 11 nitrogen and oxygen atoms in total. The summed E-state index contributed by atoms with van der Waals surface area (Å²) in [6.45, 7) is 5.32. The molecule has 8 N–H and O–H groups in total. The number of aromatic amines is 1. The third kappa shape index (κ3) is 9.69. The number of aromatic nitrogens is 2. The summed E-state index contributed by atoms with van der Waals surface area (Å²) < 4.78 is 0. The van der Waals surface area contributed by atoms with Crippen molar-refractivity contribution in [2.24, 2.45) is 17.4 Å². The topological polar surface area (TPSA) is 185 Å². The molecule has 0 bridgehead atoms. The van der Waals surface area contributed by atoms with Gasteiger partial charge in [0, 0.05) is 18.3 Å². The predicted octanol–water partition coefficient (Wildman–Crippen LogP) is -0.962. The molecule has 12 heteroatoms. The Morgan fingerprint density at radius 1 is 1.03 bits per heavy atom. The number of imidazole rings is 1. The Kier molecular flexibility index (Phi) is 11.8. The van der Waals surface area contributed by atoms with E-state index in [4.69, 9.17) is 11.5 Å².